The maximum absolute atomic E-state index is 11.4. The van der Waals surface area contributed by atoms with E-state index in [0.29, 0.717) is 12.3 Å². The maximum atomic E-state index is 11.4. The second kappa shape index (κ2) is 9.07. The quantitative estimate of drug-likeness (QED) is 0.375. The highest BCUT2D eigenvalue weighted by atomic mass is 16.7. The first-order valence-corrected chi connectivity index (χ1v) is 9.79. The third kappa shape index (κ3) is 5.69. The first-order chi connectivity index (χ1) is 12.7. The van der Waals surface area contributed by atoms with Gasteiger partial charge in [0.05, 0.1) is 18.3 Å². The number of hydrogen-bond donors (Lipinski definition) is 0. The lowest BCUT2D eigenvalue weighted by molar-refractivity contribution is -0.141. The Balaban J connectivity index is 1.95. The molecular formula is C22H33BO4. The van der Waals surface area contributed by atoms with E-state index in [2.05, 4.69) is 46.4 Å². The molecule has 2 rings (SSSR count). The van der Waals surface area contributed by atoms with Crippen molar-refractivity contribution >= 4 is 13.1 Å². The molecule has 27 heavy (non-hydrogen) atoms. The molecule has 0 N–H and O–H groups in total. The van der Waals surface area contributed by atoms with Gasteiger partial charge in [-0.15, -0.1) is 0 Å². The van der Waals surface area contributed by atoms with Crippen LogP contribution < -0.4 is 0 Å². The molecule has 5 heteroatoms. The predicted molar refractivity (Wildman–Crippen MR) is 110 cm³/mol. The van der Waals surface area contributed by atoms with Crippen LogP contribution in [0.1, 0.15) is 59.8 Å². The summed E-state index contributed by atoms with van der Waals surface area (Å²) in [4.78, 5) is 11.4. The lowest BCUT2D eigenvalue weighted by Crippen LogP contribution is -2.41. The molecule has 0 atom stereocenters. The van der Waals surface area contributed by atoms with Crippen LogP contribution in [-0.2, 0) is 18.8 Å². The number of ether oxygens (including phenoxy) is 1. The molecular weight excluding hydrogens is 339 g/mol. The van der Waals surface area contributed by atoms with E-state index in [-0.39, 0.29) is 17.2 Å². The number of hydrogen-bond acceptors (Lipinski definition) is 4. The van der Waals surface area contributed by atoms with E-state index in [1.165, 1.54) is 12.7 Å². The monoisotopic (exact) mass is 372 g/mol. The first kappa shape index (κ1) is 21.7. The van der Waals surface area contributed by atoms with Gasteiger partial charge in [-0.25, -0.2) is 0 Å². The summed E-state index contributed by atoms with van der Waals surface area (Å²) in [6.45, 7) is 12.0. The average Bonchev–Trinajstić information content (AvgIpc) is 2.83. The van der Waals surface area contributed by atoms with Crippen LogP contribution in [0.15, 0.2) is 48.0 Å². The minimum absolute atomic E-state index is 0.103. The maximum Gasteiger partial charge on any atom is 0.494 e. The summed E-state index contributed by atoms with van der Waals surface area (Å²) in [5.74, 6) is 0.341. The lowest BCUT2D eigenvalue weighted by Gasteiger charge is -2.32. The minimum atomic E-state index is -0.390. The molecule has 148 valence electrons. The molecule has 1 aliphatic carbocycles. The molecule has 1 aliphatic heterocycles. The molecule has 0 spiro atoms. The number of carbonyl (C=O) groups excluding carboxylic acids is 1. The van der Waals surface area contributed by atoms with Gasteiger partial charge in [-0.1, -0.05) is 42.5 Å². The first-order valence-electron chi connectivity index (χ1n) is 9.79. The number of rotatable bonds is 6. The highest BCUT2D eigenvalue weighted by molar-refractivity contribution is 6.55. The van der Waals surface area contributed by atoms with Gasteiger partial charge < -0.3 is 14.0 Å². The van der Waals surface area contributed by atoms with E-state index in [4.69, 9.17) is 14.0 Å². The van der Waals surface area contributed by atoms with Crippen LogP contribution in [0.2, 0.25) is 0 Å². The van der Waals surface area contributed by atoms with Crippen molar-refractivity contribution in [2.45, 2.75) is 71.0 Å². The molecule has 0 radical (unpaired) electrons. The van der Waals surface area contributed by atoms with Gasteiger partial charge in [-0.2, -0.15) is 0 Å². The van der Waals surface area contributed by atoms with Crippen LogP contribution in [0.3, 0.4) is 0 Å². The third-order valence-corrected chi connectivity index (χ3v) is 5.89. The van der Waals surface area contributed by atoms with Gasteiger partial charge in [-0.05, 0) is 64.8 Å². The summed E-state index contributed by atoms with van der Waals surface area (Å²) in [6, 6.07) is 0. The van der Waals surface area contributed by atoms with Crippen molar-refractivity contribution in [3.63, 3.8) is 0 Å². The summed E-state index contributed by atoms with van der Waals surface area (Å²) in [6.07, 6.45) is 14.7. The van der Waals surface area contributed by atoms with Crippen molar-refractivity contribution < 1.29 is 18.8 Å². The van der Waals surface area contributed by atoms with E-state index in [0.717, 1.165) is 31.2 Å². The van der Waals surface area contributed by atoms with Crippen molar-refractivity contribution in [1.29, 1.82) is 0 Å². The van der Waals surface area contributed by atoms with Crippen LogP contribution >= 0.6 is 0 Å². The minimum Gasteiger partial charge on any atom is -0.469 e. The molecule has 1 saturated carbocycles. The number of esters is 1. The Labute approximate surface area is 164 Å². The van der Waals surface area contributed by atoms with Crippen molar-refractivity contribution in [3.05, 3.63) is 48.0 Å². The Morgan fingerprint density at radius 3 is 2.33 bits per heavy atom. The van der Waals surface area contributed by atoms with Crippen LogP contribution in [0, 0.1) is 5.92 Å². The second-order valence-corrected chi connectivity index (χ2v) is 8.40. The zero-order valence-corrected chi connectivity index (χ0v) is 17.4. The van der Waals surface area contributed by atoms with Crippen LogP contribution in [0.4, 0.5) is 0 Å². The molecule has 0 bridgehead atoms. The Morgan fingerprint density at radius 2 is 1.81 bits per heavy atom. The molecule has 1 saturated heterocycles. The summed E-state index contributed by atoms with van der Waals surface area (Å²) < 4.78 is 17.0. The Kier molecular flexibility index (Phi) is 7.29. The number of methoxy groups -OCH3 is 1. The average molecular weight is 372 g/mol. The Morgan fingerprint density at radius 1 is 1.22 bits per heavy atom. The topological polar surface area (TPSA) is 44.8 Å². The SMILES string of the molecule is C=C/C=C(\C=C/C=C1CCC(CC(=O)OC)CC1)B1OC(C)(C)C(C)(C)O1. The molecule has 0 unspecified atom stereocenters. The highest BCUT2D eigenvalue weighted by Crippen LogP contribution is 2.38. The molecule has 0 aromatic rings. The largest absolute Gasteiger partial charge is 0.494 e. The van der Waals surface area contributed by atoms with E-state index in [1.807, 2.05) is 12.2 Å². The van der Waals surface area contributed by atoms with Crippen LogP contribution in [0.5, 0.6) is 0 Å². The van der Waals surface area contributed by atoms with Crippen LogP contribution in [-0.4, -0.2) is 31.4 Å². The van der Waals surface area contributed by atoms with Gasteiger partial charge in [0, 0.05) is 6.42 Å². The number of carbonyl (C=O) groups is 1. The van der Waals surface area contributed by atoms with E-state index in [9.17, 15) is 4.79 Å². The van der Waals surface area contributed by atoms with Crippen molar-refractivity contribution in [2.75, 3.05) is 7.11 Å². The van der Waals surface area contributed by atoms with E-state index < -0.39 is 7.12 Å². The Hall–Kier alpha value is -1.59. The molecule has 2 aliphatic rings. The fourth-order valence-electron chi connectivity index (χ4n) is 3.36. The zero-order chi connectivity index (χ0) is 20.1. The van der Waals surface area contributed by atoms with Gasteiger partial charge in [0.25, 0.3) is 0 Å². The molecule has 0 aromatic heterocycles. The van der Waals surface area contributed by atoms with Crippen LogP contribution in [0.25, 0.3) is 0 Å². The molecule has 2 fully saturated rings. The van der Waals surface area contributed by atoms with Gasteiger partial charge in [-0.3, -0.25) is 4.79 Å². The van der Waals surface area contributed by atoms with Gasteiger partial charge in [0.15, 0.2) is 0 Å². The zero-order valence-electron chi connectivity index (χ0n) is 17.4. The fraction of sp³-hybridized carbons (Fsp3) is 0.591. The van der Waals surface area contributed by atoms with Gasteiger partial charge >= 0.3 is 13.1 Å². The normalized spacial score (nSPS) is 24.9. The highest BCUT2D eigenvalue weighted by Gasteiger charge is 2.51. The smallest absolute Gasteiger partial charge is 0.469 e. The van der Waals surface area contributed by atoms with Crippen molar-refractivity contribution in [2.24, 2.45) is 5.92 Å². The summed E-state index contributed by atoms with van der Waals surface area (Å²) in [5, 5.41) is 0. The van der Waals surface area contributed by atoms with E-state index >= 15 is 0 Å². The Bertz CT molecular complexity index is 617. The second-order valence-electron chi connectivity index (χ2n) is 8.40. The summed E-state index contributed by atoms with van der Waals surface area (Å²) in [7, 11) is 1.06. The fourth-order valence-corrected chi connectivity index (χ4v) is 3.36. The van der Waals surface area contributed by atoms with E-state index in [1.54, 1.807) is 6.08 Å². The molecule has 0 aromatic carbocycles. The predicted octanol–water partition coefficient (Wildman–Crippen LogP) is 4.97. The third-order valence-electron chi connectivity index (χ3n) is 5.89. The number of allylic oxidation sites excluding steroid dienone is 7. The summed E-state index contributed by atoms with van der Waals surface area (Å²) in [5.41, 5.74) is 1.66. The van der Waals surface area contributed by atoms with Gasteiger partial charge in [0.2, 0.25) is 0 Å². The molecule has 4 nitrogen and oxygen atoms in total. The van der Waals surface area contributed by atoms with Gasteiger partial charge in [0.1, 0.15) is 0 Å². The van der Waals surface area contributed by atoms with Crippen molar-refractivity contribution in [3.8, 4) is 0 Å². The standard InChI is InChI=1S/C22H33BO4/c1-7-9-19(23-26-21(2,3)22(4,5)27-23)11-8-10-17-12-14-18(15-13-17)16-20(24)25-6/h7-11,18H,1,12-16H2,2-6H3/b11-8-,17-10?,19-9+. The molecule has 1 heterocycles. The molecule has 0 amide bonds. The summed E-state index contributed by atoms with van der Waals surface area (Å²) >= 11 is 0. The lowest BCUT2D eigenvalue weighted by atomic mass is 9.77. The van der Waals surface area contributed by atoms with Crippen molar-refractivity contribution in [1.82, 2.24) is 0 Å².